The quantitative estimate of drug-likeness (QED) is 0.623. The summed E-state index contributed by atoms with van der Waals surface area (Å²) in [5.74, 6) is 0.713. The molecule has 0 N–H and O–H groups in total. The van der Waals surface area contributed by atoms with Crippen LogP contribution in [0.25, 0.3) is 11.0 Å². The van der Waals surface area contributed by atoms with Gasteiger partial charge in [-0.2, -0.15) is 0 Å². The molecular formula is C19H15ClO5. The van der Waals surface area contributed by atoms with Crippen molar-refractivity contribution >= 4 is 28.4 Å². The highest BCUT2D eigenvalue weighted by Gasteiger charge is 2.09. The van der Waals surface area contributed by atoms with Crippen molar-refractivity contribution in [3.8, 4) is 11.5 Å². The molecule has 5 nitrogen and oxygen atoms in total. The molecule has 0 unspecified atom stereocenters. The third kappa shape index (κ3) is 4.39. The number of ketones is 1. The van der Waals surface area contributed by atoms with Gasteiger partial charge in [-0.15, -0.1) is 0 Å². The zero-order valence-corrected chi connectivity index (χ0v) is 14.2. The molecule has 0 bridgehead atoms. The van der Waals surface area contributed by atoms with Gasteiger partial charge in [0.15, 0.2) is 5.78 Å². The number of fused-ring (bicyclic) bond motifs is 1. The van der Waals surface area contributed by atoms with Gasteiger partial charge in [0, 0.05) is 11.1 Å². The van der Waals surface area contributed by atoms with Crippen LogP contribution >= 0.6 is 11.6 Å². The van der Waals surface area contributed by atoms with Crippen LogP contribution in [0.3, 0.4) is 0 Å². The molecule has 3 rings (SSSR count). The number of carbonyl (C=O) groups excluding carboxylic acids is 1. The largest absolute Gasteiger partial charge is 0.489 e. The van der Waals surface area contributed by atoms with Crippen LogP contribution in [-0.4, -0.2) is 12.4 Å². The van der Waals surface area contributed by atoms with E-state index in [-0.39, 0.29) is 12.4 Å². The van der Waals surface area contributed by atoms with Crippen LogP contribution in [0.1, 0.15) is 12.5 Å². The Kier molecular flexibility index (Phi) is 5.05. The van der Waals surface area contributed by atoms with Crippen LogP contribution in [0.5, 0.6) is 11.5 Å². The molecule has 128 valence electrons. The standard InChI is InChI=1S/C19H15ClO5/c1-12(21)10-24-17-9-19(22)25-18-8-15(5-6-16(17)18)23-11-13-3-2-4-14(20)7-13/h2-9H,10-11H2,1H3. The van der Waals surface area contributed by atoms with Crippen molar-refractivity contribution in [2.45, 2.75) is 13.5 Å². The molecule has 0 saturated heterocycles. The Morgan fingerprint density at radius 2 is 1.96 bits per heavy atom. The summed E-state index contributed by atoms with van der Waals surface area (Å²) in [6, 6.07) is 13.7. The highest BCUT2D eigenvalue weighted by molar-refractivity contribution is 6.30. The lowest BCUT2D eigenvalue weighted by Gasteiger charge is -2.09. The smallest absolute Gasteiger partial charge is 0.339 e. The predicted octanol–water partition coefficient (Wildman–Crippen LogP) is 3.99. The molecule has 0 amide bonds. The van der Waals surface area contributed by atoms with Gasteiger partial charge < -0.3 is 13.9 Å². The van der Waals surface area contributed by atoms with Crippen LogP contribution in [0.4, 0.5) is 0 Å². The van der Waals surface area contributed by atoms with Gasteiger partial charge in [0.2, 0.25) is 0 Å². The van der Waals surface area contributed by atoms with Crippen LogP contribution in [0, 0.1) is 0 Å². The Morgan fingerprint density at radius 1 is 1.12 bits per heavy atom. The lowest BCUT2D eigenvalue weighted by atomic mass is 10.2. The lowest BCUT2D eigenvalue weighted by molar-refractivity contribution is -0.118. The number of Topliss-reactive ketones (excluding diaryl/α,β-unsaturated/α-hetero) is 1. The van der Waals surface area contributed by atoms with Gasteiger partial charge in [0.05, 0.1) is 11.5 Å². The lowest BCUT2D eigenvalue weighted by Crippen LogP contribution is -2.09. The van der Waals surface area contributed by atoms with Crippen molar-refractivity contribution in [3.63, 3.8) is 0 Å². The third-order valence-corrected chi connectivity index (χ3v) is 3.64. The van der Waals surface area contributed by atoms with E-state index in [4.69, 9.17) is 25.5 Å². The second-order valence-corrected chi connectivity index (χ2v) is 5.93. The Bertz CT molecular complexity index is 977. The van der Waals surface area contributed by atoms with E-state index < -0.39 is 5.63 Å². The van der Waals surface area contributed by atoms with Crippen molar-refractivity contribution < 1.29 is 18.7 Å². The number of carbonyl (C=O) groups is 1. The number of ether oxygens (including phenoxy) is 2. The highest BCUT2D eigenvalue weighted by atomic mass is 35.5. The number of benzene rings is 2. The minimum absolute atomic E-state index is 0.106. The predicted molar refractivity (Wildman–Crippen MR) is 94.4 cm³/mol. The summed E-state index contributed by atoms with van der Waals surface area (Å²) < 4.78 is 16.3. The zero-order valence-electron chi connectivity index (χ0n) is 13.5. The summed E-state index contributed by atoms with van der Waals surface area (Å²) in [6.45, 7) is 1.64. The first kappa shape index (κ1) is 17.0. The van der Waals surface area contributed by atoms with E-state index in [9.17, 15) is 9.59 Å². The summed E-state index contributed by atoms with van der Waals surface area (Å²) in [5.41, 5.74) is 0.695. The van der Waals surface area contributed by atoms with Crippen LogP contribution in [-0.2, 0) is 11.4 Å². The van der Waals surface area contributed by atoms with E-state index in [1.54, 1.807) is 24.3 Å². The monoisotopic (exact) mass is 358 g/mol. The number of hydrogen-bond acceptors (Lipinski definition) is 5. The minimum Gasteiger partial charge on any atom is -0.489 e. The summed E-state index contributed by atoms with van der Waals surface area (Å²) in [7, 11) is 0. The topological polar surface area (TPSA) is 65.7 Å². The molecule has 0 atom stereocenters. The first-order chi connectivity index (χ1) is 12.0. The summed E-state index contributed by atoms with van der Waals surface area (Å²) in [5, 5.41) is 1.23. The van der Waals surface area contributed by atoms with Crippen LogP contribution in [0.15, 0.2) is 57.7 Å². The number of hydrogen-bond donors (Lipinski definition) is 0. The fourth-order valence-electron chi connectivity index (χ4n) is 2.30. The summed E-state index contributed by atoms with van der Waals surface area (Å²) in [6.07, 6.45) is 0. The molecule has 1 heterocycles. The summed E-state index contributed by atoms with van der Waals surface area (Å²) in [4.78, 5) is 22.8. The van der Waals surface area contributed by atoms with Crippen LogP contribution in [0.2, 0.25) is 5.02 Å². The van der Waals surface area contributed by atoms with E-state index in [1.807, 2.05) is 18.2 Å². The number of rotatable bonds is 6. The van der Waals surface area contributed by atoms with Gasteiger partial charge in [0.1, 0.15) is 30.3 Å². The SMILES string of the molecule is CC(=O)COc1cc(=O)oc2cc(OCc3cccc(Cl)c3)ccc12. The summed E-state index contributed by atoms with van der Waals surface area (Å²) >= 11 is 5.95. The molecule has 1 aromatic heterocycles. The molecule has 6 heteroatoms. The maximum absolute atomic E-state index is 11.7. The van der Waals surface area contributed by atoms with Crippen molar-refractivity contribution in [2.75, 3.05) is 6.61 Å². The van der Waals surface area contributed by atoms with Crippen molar-refractivity contribution in [2.24, 2.45) is 0 Å². The van der Waals surface area contributed by atoms with E-state index in [1.165, 1.54) is 13.0 Å². The molecule has 0 aliphatic heterocycles. The van der Waals surface area contributed by atoms with Crippen molar-refractivity contribution in [1.82, 2.24) is 0 Å². The molecule has 0 aliphatic carbocycles. The maximum atomic E-state index is 11.7. The van der Waals surface area contributed by atoms with Gasteiger partial charge in [-0.1, -0.05) is 23.7 Å². The second-order valence-electron chi connectivity index (χ2n) is 5.50. The van der Waals surface area contributed by atoms with Gasteiger partial charge in [-0.25, -0.2) is 4.79 Å². The minimum atomic E-state index is -0.557. The zero-order chi connectivity index (χ0) is 17.8. The van der Waals surface area contributed by atoms with E-state index in [0.29, 0.717) is 34.1 Å². The van der Waals surface area contributed by atoms with E-state index in [2.05, 4.69) is 0 Å². The molecule has 0 spiro atoms. The first-order valence-electron chi connectivity index (χ1n) is 7.58. The molecule has 0 fully saturated rings. The first-order valence-corrected chi connectivity index (χ1v) is 7.96. The Morgan fingerprint density at radius 3 is 2.72 bits per heavy atom. The van der Waals surface area contributed by atoms with Crippen molar-refractivity contribution in [1.29, 1.82) is 0 Å². The average Bonchev–Trinajstić information content (AvgIpc) is 2.57. The van der Waals surface area contributed by atoms with Gasteiger partial charge in [-0.05, 0) is 36.8 Å². The number of halogens is 1. The molecular weight excluding hydrogens is 344 g/mol. The fraction of sp³-hybridized carbons (Fsp3) is 0.158. The third-order valence-electron chi connectivity index (χ3n) is 3.40. The Hall–Kier alpha value is -2.79. The molecule has 0 saturated carbocycles. The van der Waals surface area contributed by atoms with Gasteiger partial charge in [-0.3, -0.25) is 4.79 Å². The van der Waals surface area contributed by atoms with E-state index in [0.717, 1.165) is 5.56 Å². The van der Waals surface area contributed by atoms with E-state index >= 15 is 0 Å². The van der Waals surface area contributed by atoms with Crippen LogP contribution < -0.4 is 15.1 Å². The van der Waals surface area contributed by atoms with Crippen molar-refractivity contribution in [3.05, 3.63) is 69.5 Å². The molecule has 0 radical (unpaired) electrons. The van der Waals surface area contributed by atoms with Gasteiger partial charge in [0.25, 0.3) is 0 Å². The fourth-order valence-corrected chi connectivity index (χ4v) is 2.51. The average molecular weight is 359 g/mol. The molecule has 25 heavy (non-hydrogen) atoms. The maximum Gasteiger partial charge on any atom is 0.339 e. The second kappa shape index (κ2) is 7.40. The highest BCUT2D eigenvalue weighted by Crippen LogP contribution is 2.28. The van der Waals surface area contributed by atoms with Gasteiger partial charge >= 0.3 is 5.63 Å². The Labute approximate surface area is 148 Å². The normalized spacial score (nSPS) is 10.6. The molecule has 2 aromatic carbocycles. The molecule has 3 aromatic rings. The Balaban J connectivity index is 1.84. The molecule has 0 aliphatic rings.